The van der Waals surface area contributed by atoms with Crippen LogP contribution in [0, 0.1) is 5.92 Å². The van der Waals surface area contributed by atoms with Gasteiger partial charge in [0.1, 0.15) is 12.0 Å². The Kier molecular flexibility index (Phi) is 7.33. The molecule has 0 aliphatic heterocycles. The molecule has 0 bridgehead atoms. The Morgan fingerprint density at radius 3 is 2.35 bits per heavy atom. The van der Waals surface area contributed by atoms with Crippen LogP contribution in [0.4, 0.5) is 0 Å². The van der Waals surface area contributed by atoms with Gasteiger partial charge in [-0.3, -0.25) is 4.79 Å². The molecule has 0 amide bonds. The molecule has 0 fully saturated rings. The van der Waals surface area contributed by atoms with Crippen LogP contribution in [0.3, 0.4) is 0 Å². The number of ether oxygens (including phenoxy) is 2. The normalized spacial score (nSPS) is 12.2. The molecule has 1 unspecified atom stereocenters. The molecule has 1 atom stereocenters. The Labute approximate surface area is 123 Å². The fraction of sp³-hybridized carbons (Fsp3) is 0.467. The van der Waals surface area contributed by atoms with Crippen molar-refractivity contribution in [3.63, 3.8) is 0 Å². The van der Waals surface area contributed by atoms with Crippen LogP contribution in [0.1, 0.15) is 31.1 Å². The van der Waals surface area contributed by atoms with E-state index >= 15 is 0 Å². The first-order chi connectivity index (χ1) is 9.50. The van der Waals surface area contributed by atoms with Gasteiger partial charge in [-0.25, -0.2) is 4.79 Å². The Morgan fingerprint density at radius 2 is 1.80 bits per heavy atom. The highest BCUT2D eigenvalue weighted by atomic mass is 32.2. The summed E-state index contributed by atoms with van der Waals surface area (Å²) >= 11 is 1.16. The van der Waals surface area contributed by atoms with Gasteiger partial charge in [0.15, 0.2) is 5.12 Å². The molecule has 0 saturated heterocycles. The van der Waals surface area contributed by atoms with Crippen molar-refractivity contribution in [3.05, 3.63) is 35.9 Å². The first-order valence-electron chi connectivity index (χ1n) is 6.51. The molecule has 0 aliphatic rings. The molecule has 1 aromatic rings. The Balaban J connectivity index is 2.30. The molecule has 0 N–H and O–H groups in total. The van der Waals surface area contributed by atoms with E-state index in [0.717, 1.165) is 11.8 Å². The van der Waals surface area contributed by atoms with E-state index in [1.165, 1.54) is 6.92 Å². The highest BCUT2D eigenvalue weighted by Gasteiger charge is 2.17. The van der Waals surface area contributed by atoms with Crippen LogP contribution in [-0.2, 0) is 14.3 Å². The van der Waals surface area contributed by atoms with Crippen molar-refractivity contribution < 1.29 is 19.1 Å². The molecule has 20 heavy (non-hydrogen) atoms. The van der Waals surface area contributed by atoms with Gasteiger partial charge in [0.05, 0.1) is 12.2 Å². The maximum Gasteiger partial charge on any atom is 0.338 e. The van der Waals surface area contributed by atoms with E-state index in [0.29, 0.717) is 5.56 Å². The number of hydrogen-bond acceptors (Lipinski definition) is 5. The number of thioether (sulfide) groups is 1. The van der Waals surface area contributed by atoms with Crippen LogP contribution < -0.4 is 0 Å². The molecule has 0 aliphatic carbocycles. The summed E-state index contributed by atoms with van der Waals surface area (Å²) in [5.74, 6) is -0.150. The molecule has 0 spiro atoms. The first-order valence-corrected chi connectivity index (χ1v) is 7.39. The molecule has 0 heterocycles. The van der Waals surface area contributed by atoms with Crippen LogP contribution in [0.15, 0.2) is 30.3 Å². The minimum atomic E-state index is -0.366. The minimum absolute atomic E-state index is 0.0185. The maximum atomic E-state index is 11.7. The van der Waals surface area contributed by atoms with Crippen molar-refractivity contribution in [1.82, 2.24) is 0 Å². The van der Waals surface area contributed by atoms with E-state index in [2.05, 4.69) is 0 Å². The largest absolute Gasteiger partial charge is 0.460 e. The predicted molar refractivity (Wildman–Crippen MR) is 79.6 cm³/mol. The number of carbonyl (C=O) groups excluding carboxylic acids is 2. The summed E-state index contributed by atoms with van der Waals surface area (Å²) in [5, 5.41) is 0.0185. The number of rotatable bonds is 7. The average Bonchev–Trinajstić information content (AvgIpc) is 2.42. The van der Waals surface area contributed by atoms with Crippen molar-refractivity contribution >= 4 is 22.8 Å². The molecule has 0 saturated carbocycles. The topological polar surface area (TPSA) is 52.6 Å². The van der Waals surface area contributed by atoms with Crippen molar-refractivity contribution in [1.29, 1.82) is 0 Å². The van der Waals surface area contributed by atoms with Crippen LogP contribution >= 0.6 is 11.8 Å². The summed E-state index contributed by atoms with van der Waals surface area (Å²) in [6.07, 6.45) is 0. The average molecular weight is 296 g/mol. The van der Waals surface area contributed by atoms with Crippen molar-refractivity contribution in [2.75, 3.05) is 13.2 Å². The number of carbonyl (C=O) groups is 2. The monoisotopic (exact) mass is 296 g/mol. The summed E-state index contributed by atoms with van der Waals surface area (Å²) in [6.45, 7) is 5.93. The van der Waals surface area contributed by atoms with Gasteiger partial charge in [0.25, 0.3) is 0 Å². The van der Waals surface area contributed by atoms with Gasteiger partial charge in [-0.2, -0.15) is 0 Å². The zero-order valence-electron chi connectivity index (χ0n) is 12.0. The Hall–Kier alpha value is -1.33. The highest BCUT2D eigenvalue weighted by Crippen LogP contribution is 2.21. The molecular formula is C15H20O4S. The standard InChI is InChI=1S/C15H20O4S/c1-11(2)15(20-12(3)16)19-10-9-18-14(17)13-7-5-4-6-8-13/h4-8,11,15H,9-10H2,1-3H3. The third kappa shape index (κ3) is 6.21. The Morgan fingerprint density at radius 1 is 1.15 bits per heavy atom. The SMILES string of the molecule is CC(=O)SC(OCCOC(=O)c1ccccc1)C(C)C. The second kappa shape index (κ2) is 8.76. The second-order valence-corrected chi connectivity index (χ2v) is 5.87. The van der Waals surface area contributed by atoms with E-state index < -0.39 is 0 Å². The molecule has 110 valence electrons. The van der Waals surface area contributed by atoms with Gasteiger partial charge >= 0.3 is 5.97 Å². The molecule has 5 heteroatoms. The van der Waals surface area contributed by atoms with E-state index in [4.69, 9.17) is 9.47 Å². The lowest BCUT2D eigenvalue weighted by Crippen LogP contribution is -2.21. The van der Waals surface area contributed by atoms with Crippen LogP contribution in [-0.4, -0.2) is 29.7 Å². The van der Waals surface area contributed by atoms with Crippen molar-refractivity contribution in [2.45, 2.75) is 26.2 Å². The zero-order valence-corrected chi connectivity index (χ0v) is 12.8. The molecule has 1 aromatic carbocycles. The summed E-state index contributed by atoms with van der Waals surface area (Å²) in [4.78, 5) is 22.7. The van der Waals surface area contributed by atoms with Gasteiger partial charge in [-0.05, 0) is 18.1 Å². The van der Waals surface area contributed by atoms with Gasteiger partial charge in [0.2, 0.25) is 0 Å². The van der Waals surface area contributed by atoms with Crippen LogP contribution in [0.25, 0.3) is 0 Å². The molecule has 4 nitrogen and oxygen atoms in total. The van der Waals surface area contributed by atoms with E-state index in [-0.39, 0.29) is 35.7 Å². The second-order valence-electron chi connectivity index (χ2n) is 4.59. The number of hydrogen-bond donors (Lipinski definition) is 0. The highest BCUT2D eigenvalue weighted by molar-refractivity contribution is 8.13. The lowest BCUT2D eigenvalue weighted by atomic mass is 10.2. The summed E-state index contributed by atoms with van der Waals surface area (Å²) in [5.41, 5.74) is 0.314. The molecule has 0 aromatic heterocycles. The van der Waals surface area contributed by atoms with Gasteiger partial charge in [0, 0.05) is 6.92 Å². The lowest BCUT2D eigenvalue weighted by molar-refractivity contribution is -0.109. The first kappa shape index (κ1) is 16.7. The maximum absolute atomic E-state index is 11.7. The lowest BCUT2D eigenvalue weighted by Gasteiger charge is -2.19. The molecular weight excluding hydrogens is 276 g/mol. The fourth-order valence-electron chi connectivity index (χ4n) is 1.48. The van der Waals surface area contributed by atoms with Gasteiger partial charge in [-0.1, -0.05) is 43.8 Å². The third-order valence-electron chi connectivity index (χ3n) is 2.43. The van der Waals surface area contributed by atoms with Gasteiger partial charge < -0.3 is 9.47 Å². The zero-order chi connectivity index (χ0) is 15.0. The summed E-state index contributed by atoms with van der Waals surface area (Å²) in [7, 11) is 0. The smallest absolute Gasteiger partial charge is 0.338 e. The quantitative estimate of drug-likeness (QED) is 0.439. The van der Waals surface area contributed by atoms with Gasteiger partial charge in [-0.15, -0.1) is 0 Å². The molecule has 1 rings (SSSR count). The number of esters is 1. The third-order valence-corrected chi connectivity index (χ3v) is 3.68. The van der Waals surface area contributed by atoms with Crippen LogP contribution in [0.2, 0.25) is 0 Å². The Bertz CT molecular complexity index is 431. The van der Waals surface area contributed by atoms with E-state index in [1.54, 1.807) is 24.3 Å². The summed E-state index contributed by atoms with van der Waals surface area (Å²) in [6, 6.07) is 8.81. The van der Waals surface area contributed by atoms with Crippen molar-refractivity contribution in [2.24, 2.45) is 5.92 Å². The van der Waals surface area contributed by atoms with E-state index in [1.807, 2.05) is 19.9 Å². The van der Waals surface area contributed by atoms with Crippen LogP contribution in [0.5, 0.6) is 0 Å². The number of benzene rings is 1. The summed E-state index contributed by atoms with van der Waals surface area (Å²) < 4.78 is 10.7. The van der Waals surface area contributed by atoms with Crippen molar-refractivity contribution in [3.8, 4) is 0 Å². The minimum Gasteiger partial charge on any atom is -0.460 e. The van der Waals surface area contributed by atoms with E-state index in [9.17, 15) is 9.59 Å². The fourth-order valence-corrected chi connectivity index (χ4v) is 2.25. The molecule has 0 radical (unpaired) electrons. The predicted octanol–water partition coefficient (Wildman–Crippen LogP) is 3.12.